The number of hydrogen-bond acceptors (Lipinski definition) is 4. The van der Waals surface area contributed by atoms with Gasteiger partial charge in [0.15, 0.2) is 0 Å². The maximum atomic E-state index is 13.8. The highest BCUT2D eigenvalue weighted by molar-refractivity contribution is 6.02. The summed E-state index contributed by atoms with van der Waals surface area (Å²) in [5.74, 6) is -1.35. The number of halogens is 1. The Kier molecular flexibility index (Phi) is 5.76. The first-order valence-electron chi connectivity index (χ1n) is 9.85. The minimum atomic E-state index is -0.834. The molecule has 4 aromatic rings. The Labute approximate surface area is 182 Å². The highest BCUT2D eigenvalue weighted by Gasteiger charge is 2.21. The van der Waals surface area contributed by atoms with E-state index in [1.807, 2.05) is 19.1 Å². The van der Waals surface area contributed by atoms with Gasteiger partial charge in [0.05, 0.1) is 12.2 Å². The molecule has 0 radical (unpaired) electrons. The fraction of sp³-hybridized carbons (Fsp3) is 0.0833. The zero-order chi connectivity index (χ0) is 22.7. The van der Waals surface area contributed by atoms with Crippen molar-refractivity contribution in [3.63, 3.8) is 0 Å². The van der Waals surface area contributed by atoms with Crippen LogP contribution in [-0.4, -0.2) is 20.3 Å². The van der Waals surface area contributed by atoms with Gasteiger partial charge in [-0.05, 0) is 48.4 Å². The minimum Gasteiger partial charge on any atom is -0.320 e. The van der Waals surface area contributed by atoms with Gasteiger partial charge in [-0.15, -0.1) is 0 Å². The number of anilines is 1. The van der Waals surface area contributed by atoms with Crippen molar-refractivity contribution >= 4 is 11.6 Å². The molecule has 7 nitrogen and oxygen atoms in total. The van der Waals surface area contributed by atoms with Gasteiger partial charge in [-0.2, -0.15) is 9.78 Å². The summed E-state index contributed by atoms with van der Waals surface area (Å²) >= 11 is 0. The summed E-state index contributed by atoms with van der Waals surface area (Å²) < 4.78 is 15.6. The first-order chi connectivity index (χ1) is 15.4. The second-order valence-electron chi connectivity index (χ2n) is 7.16. The van der Waals surface area contributed by atoms with Gasteiger partial charge in [-0.1, -0.05) is 48.5 Å². The molecule has 1 amide bonds. The Balaban J connectivity index is 1.88. The third kappa shape index (κ3) is 4.24. The van der Waals surface area contributed by atoms with Crippen molar-refractivity contribution in [2.75, 3.05) is 5.32 Å². The molecule has 0 bridgehead atoms. The van der Waals surface area contributed by atoms with E-state index in [0.29, 0.717) is 5.69 Å². The molecule has 0 aliphatic carbocycles. The molecule has 4 rings (SSSR count). The van der Waals surface area contributed by atoms with E-state index in [9.17, 15) is 18.8 Å². The number of nitrogens with zero attached hydrogens (tertiary/aromatic N) is 3. The molecule has 0 saturated heterocycles. The molecule has 0 spiro atoms. The smallest absolute Gasteiger partial charge is 0.320 e. The molecular weight excluding hydrogens is 411 g/mol. The largest absolute Gasteiger partial charge is 0.352 e. The SMILES string of the molecule is Cc1ccccc1Cn1c(=O)c(C(=O)Nc2ccccc2)nn(-c2cccc(F)c2)c1=O. The van der Waals surface area contributed by atoms with Gasteiger partial charge in [-0.25, -0.2) is 9.18 Å². The van der Waals surface area contributed by atoms with Crippen molar-refractivity contribution in [3.05, 3.63) is 122 Å². The predicted octanol–water partition coefficient (Wildman–Crippen LogP) is 3.14. The molecule has 1 heterocycles. The topological polar surface area (TPSA) is 86.0 Å². The Bertz CT molecular complexity index is 1410. The van der Waals surface area contributed by atoms with Gasteiger partial charge in [0.2, 0.25) is 5.69 Å². The van der Waals surface area contributed by atoms with E-state index < -0.39 is 28.7 Å². The number of amides is 1. The maximum absolute atomic E-state index is 13.8. The number of carbonyl (C=O) groups excluding carboxylic acids is 1. The summed E-state index contributed by atoms with van der Waals surface area (Å²) in [6.07, 6.45) is 0. The van der Waals surface area contributed by atoms with E-state index in [2.05, 4.69) is 10.4 Å². The van der Waals surface area contributed by atoms with Crippen molar-refractivity contribution in [2.45, 2.75) is 13.5 Å². The first kappa shape index (κ1) is 20.9. The molecular formula is C24H19FN4O3. The Morgan fingerprint density at radius 1 is 0.969 bits per heavy atom. The van der Waals surface area contributed by atoms with Crippen molar-refractivity contribution in [2.24, 2.45) is 0 Å². The van der Waals surface area contributed by atoms with Gasteiger partial charge < -0.3 is 5.32 Å². The lowest BCUT2D eigenvalue weighted by Crippen LogP contribution is -2.45. The van der Waals surface area contributed by atoms with Gasteiger partial charge in [0, 0.05) is 5.69 Å². The molecule has 0 aliphatic rings. The number of hydrogen-bond donors (Lipinski definition) is 1. The zero-order valence-electron chi connectivity index (χ0n) is 17.2. The van der Waals surface area contributed by atoms with E-state index in [0.717, 1.165) is 26.4 Å². The van der Waals surface area contributed by atoms with Crippen LogP contribution in [0.1, 0.15) is 21.6 Å². The second-order valence-corrected chi connectivity index (χ2v) is 7.16. The van der Waals surface area contributed by atoms with Crippen molar-refractivity contribution in [3.8, 4) is 5.69 Å². The average Bonchev–Trinajstić information content (AvgIpc) is 2.78. The average molecular weight is 430 g/mol. The van der Waals surface area contributed by atoms with E-state index in [1.54, 1.807) is 42.5 Å². The number of benzene rings is 3. The lowest BCUT2D eigenvalue weighted by atomic mass is 10.1. The van der Waals surface area contributed by atoms with Crippen molar-refractivity contribution in [1.29, 1.82) is 0 Å². The molecule has 0 atom stereocenters. The quantitative estimate of drug-likeness (QED) is 0.527. The van der Waals surface area contributed by atoms with E-state index >= 15 is 0 Å². The van der Waals surface area contributed by atoms with Crippen LogP contribution in [0.5, 0.6) is 0 Å². The number of rotatable bonds is 5. The van der Waals surface area contributed by atoms with Gasteiger partial charge in [0.25, 0.3) is 11.5 Å². The lowest BCUT2D eigenvalue weighted by Gasteiger charge is -2.13. The highest BCUT2D eigenvalue weighted by Crippen LogP contribution is 2.10. The lowest BCUT2D eigenvalue weighted by molar-refractivity contribution is 0.101. The van der Waals surface area contributed by atoms with Crippen LogP contribution in [0.4, 0.5) is 10.1 Å². The van der Waals surface area contributed by atoms with Crippen LogP contribution in [0.25, 0.3) is 5.69 Å². The summed E-state index contributed by atoms with van der Waals surface area (Å²) in [7, 11) is 0. The van der Waals surface area contributed by atoms with Crippen molar-refractivity contribution < 1.29 is 9.18 Å². The van der Waals surface area contributed by atoms with Crippen molar-refractivity contribution in [1.82, 2.24) is 14.3 Å². The number of para-hydroxylation sites is 1. The monoisotopic (exact) mass is 430 g/mol. The molecule has 32 heavy (non-hydrogen) atoms. The molecule has 1 aromatic heterocycles. The second kappa shape index (κ2) is 8.81. The van der Waals surface area contributed by atoms with Gasteiger partial charge >= 0.3 is 5.69 Å². The molecule has 0 aliphatic heterocycles. The fourth-order valence-electron chi connectivity index (χ4n) is 3.24. The third-order valence-corrected chi connectivity index (χ3v) is 4.95. The number of aryl methyl sites for hydroxylation is 1. The van der Waals surface area contributed by atoms with Crippen LogP contribution in [0.15, 0.2) is 88.5 Å². The predicted molar refractivity (Wildman–Crippen MR) is 119 cm³/mol. The number of nitrogens with one attached hydrogen (secondary N) is 1. The summed E-state index contributed by atoms with van der Waals surface area (Å²) in [5.41, 5.74) is 0.0852. The van der Waals surface area contributed by atoms with Crippen LogP contribution in [-0.2, 0) is 6.54 Å². The van der Waals surface area contributed by atoms with E-state index in [4.69, 9.17) is 0 Å². The summed E-state index contributed by atoms with van der Waals surface area (Å²) in [6, 6.07) is 21.1. The standard InChI is InChI=1S/C24H19FN4O3/c1-16-8-5-6-9-17(16)15-28-23(31)21(22(30)26-19-11-3-2-4-12-19)27-29(24(28)32)20-13-7-10-18(25)14-20/h2-14H,15H2,1H3,(H,26,30). The number of carbonyl (C=O) groups is 1. The molecule has 3 aromatic carbocycles. The Hall–Kier alpha value is -4.33. The van der Waals surface area contributed by atoms with Crippen LogP contribution < -0.4 is 16.6 Å². The molecule has 0 unspecified atom stereocenters. The molecule has 0 fully saturated rings. The molecule has 8 heteroatoms. The molecule has 1 N–H and O–H groups in total. The zero-order valence-corrected chi connectivity index (χ0v) is 17.2. The summed E-state index contributed by atoms with van der Waals surface area (Å²) in [5, 5.41) is 6.60. The normalized spacial score (nSPS) is 10.7. The third-order valence-electron chi connectivity index (χ3n) is 4.95. The molecule has 0 saturated carbocycles. The summed E-state index contributed by atoms with van der Waals surface area (Å²) in [4.78, 5) is 39.2. The minimum absolute atomic E-state index is 0.0617. The van der Waals surface area contributed by atoms with Gasteiger partial charge in [-0.3, -0.25) is 14.2 Å². The fourth-order valence-corrected chi connectivity index (χ4v) is 3.24. The first-order valence-corrected chi connectivity index (χ1v) is 9.85. The van der Waals surface area contributed by atoms with Crippen LogP contribution >= 0.6 is 0 Å². The number of aromatic nitrogens is 3. The summed E-state index contributed by atoms with van der Waals surface area (Å²) in [6.45, 7) is 1.80. The Morgan fingerprint density at radius 3 is 2.41 bits per heavy atom. The van der Waals surface area contributed by atoms with Crippen LogP contribution in [0.2, 0.25) is 0 Å². The molecule has 160 valence electrons. The maximum Gasteiger partial charge on any atom is 0.352 e. The Morgan fingerprint density at radius 2 is 1.69 bits per heavy atom. The van der Waals surface area contributed by atoms with E-state index in [-0.39, 0.29) is 12.2 Å². The van der Waals surface area contributed by atoms with Gasteiger partial charge in [0.1, 0.15) is 5.82 Å². The van der Waals surface area contributed by atoms with E-state index in [1.165, 1.54) is 18.2 Å². The highest BCUT2D eigenvalue weighted by atomic mass is 19.1. The van der Waals surface area contributed by atoms with Crippen LogP contribution in [0.3, 0.4) is 0 Å². The van der Waals surface area contributed by atoms with Crippen LogP contribution in [0, 0.1) is 12.7 Å².